The maximum absolute atomic E-state index is 12.7. The summed E-state index contributed by atoms with van der Waals surface area (Å²) in [6, 6.07) is 16.2. The molecule has 212 valence electrons. The lowest BCUT2D eigenvalue weighted by Crippen LogP contribution is -2.36. The van der Waals surface area contributed by atoms with Gasteiger partial charge in [-0.2, -0.15) is 0 Å². The van der Waals surface area contributed by atoms with Crippen LogP contribution in [0.25, 0.3) is 11.3 Å². The van der Waals surface area contributed by atoms with Gasteiger partial charge in [-0.15, -0.1) is 0 Å². The Morgan fingerprint density at radius 2 is 1.88 bits per heavy atom. The van der Waals surface area contributed by atoms with Crippen LogP contribution in [-0.2, 0) is 4.74 Å². The van der Waals surface area contributed by atoms with Gasteiger partial charge in [-0.3, -0.25) is 14.8 Å². The van der Waals surface area contributed by atoms with E-state index in [1.54, 1.807) is 55.8 Å². The number of nitrogens with one attached hydrogen (secondary N) is 2. The number of aromatic nitrogens is 3. The smallest absolute Gasteiger partial charge is 0.250 e. The van der Waals surface area contributed by atoms with Crippen molar-refractivity contribution in [3.63, 3.8) is 0 Å². The number of aromatic amines is 1. The molecular formula is C31H33N5O3S2. The van der Waals surface area contributed by atoms with E-state index < -0.39 is 5.60 Å². The second kappa shape index (κ2) is 11.5. The quantitative estimate of drug-likeness (QED) is 0.215. The zero-order valence-electron chi connectivity index (χ0n) is 23.3. The summed E-state index contributed by atoms with van der Waals surface area (Å²) < 4.78 is 5.50. The third-order valence-corrected chi connectivity index (χ3v) is 9.65. The number of aliphatic hydroxyl groups is 1. The first kappa shape index (κ1) is 27.8. The van der Waals surface area contributed by atoms with Crippen molar-refractivity contribution in [2.75, 3.05) is 36.5 Å². The van der Waals surface area contributed by atoms with E-state index in [0.717, 1.165) is 66.7 Å². The number of H-pyrrole nitrogens is 1. The van der Waals surface area contributed by atoms with Crippen molar-refractivity contribution in [2.24, 2.45) is 0 Å². The summed E-state index contributed by atoms with van der Waals surface area (Å²) in [5, 5.41) is 14.2. The Balaban J connectivity index is 1.28. The van der Waals surface area contributed by atoms with Crippen molar-refractivity contribution in [3.8, 4) is 11.3 Å². The molecule has 41 heavy (non-hydrogen) atoms. The summed E-state index contributed by atoms with van der Waals surface area (Å²) in [5.41, 5.74) is 4.38. The molecule has 6 rings (SSSR count). The van der Waals surface area contributed by atoms with Crippen LogP contribution >= 0.6 is 23.5 Å². The monoisotopic (exact) mass is 587 g/mol. The van der Waals surface area contributed by atoms with Crippen LogP contribution in [0.4, 0.5) is 11.4 Å². The fourth-order valence-electron chi connectivity index (χ4n) is 5.09. The number of pyridine rings is 1. The molecule has 4 heterocycles. The van der Waals surface area contributed by atoms with Gasteiger partial charge in [0.1, 0.15) is 0 Å². The lowest BCUT2D eigenvalue weighted by molar-refractivity contribution is 0.0651. The third kappa shape index (κ3) is 6.46. The van der Waals surface area contributed by atoms with E-state index in [1.807, 2.05) is 13.0 Å². The van der Waals surface area contributed by atoms with Crippen molar-refractivity contribution in [1.82, 2.24) is 15.0 Å². The summed E-state index contributed by atoms with van der Waals surface area (Å²) in [5.74, 6) is 0. The van der Waals surface area contributed by atoms with Crippen LogP contribution in [0.2, 0.25) is 0 Å². The lowest BCUT2D eigenvalue weighted by Gasteiger charge is -2.29. The summed E-state index contributed by atoms with van der Waals surface area (Å²) in [6.45, 7) is 8.41. The number of hydrogen-bond acceptors (Lipinski definition) is 9. The fourth-order valence-corrected chi connectivity index (χ4v) is 7.51. The Morgan fingerprint density at radius 1 is 1.05 bits per heavy atom. The molecule has 3 N–H and O–H groups in total. The van der Waals surface area contributed by atoms with Gasteiger partial charge in [0.15, 0.2) is 0 Å². The predicted molar refractivity (Wildman–Crippen MR) is 164 cm³/mol. The maximum atomic E-state index is 12.7. The average Bonchev–Trinajstić information content (AvgIpc) is 2.95. The molecule has 0 bridgehead atoms. The number of ether oxygens (including phenoxy) is 1. The number of nitrogens with zero attached hydrogens (tertiary/aromatic N) is 3. The number of rotatable bonds is 7. The van der Waals surface area contributed by atoms with Gasteiger partial charge in [-0.05, 0) is 51.1 Å². The molecule has 0 radical (unpaired) electrons. The van der Waals surface area contributed by atoms with Crippen LogP contribution in [-0.4, -0.2) is 52.0 Å². The molecule has 10 heteroatoms. The highest BCUT2D eigenvalue weighted by atomic mass is 32.2. The topological polar surface area (TPSA) is 103 Å². The zero-order chi connectivity index (χ0) is 28.6. The first-order valence-corrected chi connectivity index (χ1v) is 15.3. The molecule has 2 aliphatic heterocycles. The minimum absolute atomic E-state index is 0.106. The first-order valence-electron chi connectivity index (χ1n) is 13.7. The number of anilines is 2. The zero-order valence-corrected chi connectivity index (χ0v) is 24.9. The minimum atomic E-state index is -0.877. The van der Waals surface area contributed by atoms with Gasteiger partial charge >= 0.3 is 0 Å². The van der Waals surface area contributed by atoms with Gasteiger partial charge < -0.3 is 25.0 Å². The van der Waals surface area contributed by atoms with Gasteiger partial charge in [-0.25, -0.2) is 0 Å². The van der Waals surface area contributed by atoms with Crippen molar-refractivity contribution in [2.45, 2.75) is 58.4 Å². The van der Waals surface area contributed by atoms with Crippen LogP contribution in [0.3, 0.4) is 0 Å². The van der Waals surface area contributed by atoms with E-state index in [0.29, 0.717) is 19.6 Å². The van der Waals surface area contributed by atoms with Crippen LogP contribution in [0, 0.1) is 6.92 Å². The molecule has 2 aromatic carbocycles. The Kier molecular flexibility index (Phi) is 7.82. The highest BCUT2D eigenvalue weighted by Crippen LogP contribution is 2.52. The van der Waals surface area contributed by atoms with Crippen molar-refractivity contribution < 1.29 is 9.84 Å². The number of fused-ring (bicyclic) bond motifs is 2. The molecule has 0 saturated carbocycles. The normalized spacial score (nSPS) is 15.7. The number of morpholine rings is 1. The Hall–Kier alpha value is -3.31. The fraction of sp³-hybridized carbons (Fsp3) is 0.323. The maximum Gasteiger partial charge on any atom is 0.250 e. The van der Waals surface area contributed by atoms with E-state index in [4.69, 9.17) is 4.74 Å². The molecule has 0 amide bonds. The van der Waals surface area contributed by atoms with Crippen LogP contribution in [0.15, 0.2) is 85.3 Å². The number of aryl methyl sites for hydroxylation is 1. The van der Waals surface area contributed by atoms with Crippen molar-refractivity contribution in [3.05, 3.63) is 82.7 Å². The van der Waals surface area contributed by atoms with Crippen LogP contribution in [0.5, 0.6) is 0 Å². The Morgan fingerprint density at radius 3 is 2.63 bits per heavy atom. The molecule has 8 nitrogen and oxygen atoms in total. The predicted octanol–water partition coefficient (Wildman–Crippen LogP) is 5.91. The Labute approximate surface area is 248 Å². The third-order valence-electron chi connectivity index (χ3n) is 7.05. The van der Waals surface area contributed by atoms with E-state index >= 15 is 0 Å². The second-order valence-corrected chi connectivity index (χ2v) is 13.1. The molecule has 2 aliphatic rings. The van der Waals surface area contributed by atoms with Gasteiger partial charge in [0.05, 0.1) is 48.1 Å². The average molecular weight is 588 g/mol. The highest BCUT2D eigenvalue weighted by Gasteiger charge is 2.25. The van der Waals surface area contributed by atoms with E-state index in [-0.39, 0.29) is 11.6 Å². The molecule has 1 unspecified atom stereocenters. The lowest BCUT2D eigenvalue weighted by atomic mass is 9.97. The second-order valence-electron chi connectivity index (χ2n) is 11.0. The molecule has 1 saturated heterocycles. The summed E-state index contributed by atoms with van der Waals surface area (Å²) in [6.07, 6.45) is 4.02. The molecule has 4 aromatic rings. The van der Waals surface area contributed by atoms with E-state index in [1.165, 1.54) is 0 Å². The van der Waals surface area contributed by atoms with Crippen molar-refractivity contribution in [1.29, 1.82) is 0 Å². The molecule has 0 aliphatic carbocycles. The van der Waals surface area contributed by atoms with Gasteiger partial charge in [0.25, 0.3) is 0 Å². The molecular weight excluding hydrogens is 555 g/mol. The molecule has 1 atom stereocenters. The number of benzene rings is 2. The first-order chi connectivity index (χ1) is 19.7. The van der Waals surface area contributed by atoms with E-state index in [2.05, 4.69) is 61.6 Å². The van der Waals surface area contributed by atoms with Crippen LogP contribution < -0.4 is 15.8 Å². The van der Waals surface area contributed by atoms with Crippen molar-refractivity contribution >= 4 is 34.9 Å². The van der Waals surface area contributed by atoms with E-state index in [9.17, 15) is 9.90 Å². The Bertz CT molecular complexity index is 1610. The SMILES string of the molecule is Cc1cnc(C(CC(C)(C)O)Nc2ccc3c(c2)Sc2cccc(-c4cc(N5CCOCC5)cc(=O)[nH]4)c2S3)cn1. The van der Waals surface area contributed by atoms with Crippen LogP contribution in [0.1, 0.15) is 37.7 Å². The molecule has 1 fully saturated rings. The summed E-state index contributed by atoms with van der Waals surface area (Å²) >= 11 is 3.44. The largest absolute Gasteiger partial charge is 0.390 e. The highest BCUT2D eigenvalue weighted by molar-refractivity contribution is 8.05. The minimum Gasteiger partial charge on any atom is -0.390 e. The summed E-state index contributed by atoms with van der Waals surface area (Å²) in [4.78, 5) is 31.5. The number of hydrogen-bond donors (Lipinski definition) is 3. The van der Waals surface area contributed by atoms with Gasteiger partial charge in [0, 0.05) is 68.3 Å². The van der Waals surface area contributed by atoms with Gasteiger partial charge in [0.2, 0.25) is 5.56 Å². The molecule has 0 spiro atoms. The summed E-state index contributed by atoms with van der Waals surface area (Å²) in [7, 11) is 0. The standard InChI is InChI=1S/C31H33N5O3S2/c1-19-17-33-25(18-32-19)24(16-31(2,3)38)34-20-7-8-26-28(13-20)40-27-6-4-5-22(30(27)41-26)23-14-21(15-29(37)35-23)36-9-11-39-12-10-36/h4-8,13-15,17-18,24,34,38H,9-12,16H2,1-3H3,(H,35,37). The van der Waals surface area contributed by atoms with Gasteiger partial charge in [-0.1, -0.05) is 35.7 Å². The molecule has 2 aromatic heterocycles.